The lowest BCUT2D eigenvalue weighted by molar-refractivity contribution is 0.145. The monoisotopic (exact) mass is 292 g/mol. The Kier molecular flexibility index (Phi) is 4.65. The first-order valence-electron chi connectivity index (χ1n) is 7.95. The van der Waals surface area contributed by atoms with Crippen LogP contribution in [0.5, 0.6) is 0 Å². The van der Waals surface area contributed by atoms with Gasteiger partial charge in [0, 0.05) is 17.1 Å². The van der Waals surface area contributed by atoms with Gasteiger partial charge in [0.2, 0.25) is 0 Å². The van der Waals surface area contributed by atoms with E-state index in [1.54, 1.807) is 0 Å². The van der Waals surface area contributed by atoms with Crippen LogP contribution in [-0.2, 0) is 0 Å². The Bertz CT molecular complexity index is 427. The molecule has 1 aliphatic carbocycles. The number of benzene rings is 1. The van der Waals surface area contributed by atoms with Crippen LogP contribution in [0.1, 0.15) is 43.7 Å². The van der Waals surface area contributed by atoms with E-state index in [0.717, 1.165) is 17.6 Å². The third-order valence-corrected chi connectivity index (χ3v) is 4.99. The van der Waals surface area contributed by atoms with Crippen molar-refractivity contribution in [2.45, 2.75) is 44.2 Å². The van der Waals surface area contributed by atoms with E-state index in [-0.39, 0.29) is 0 Å². The average Bonchev–Trinajstić information content (AvgIpc) is 3.26. The van der Waals surface area contributed by atoms with Crippen molar-refractivity contribution in [1.82, 2.24) is 10.2 Å². The summed E-state index contributed by atoms with van der Waals surface area (Å²) in [5, 5.41) is 4.24. The average molecular weight is 293 g/mol. The van der Waals surface area contributed by atoms with Crippen LogP contribution < -0.4 is 5.32 Å². The lowest BCUT2D eigenvalue weighted by Gasteiger charge is -2.36. The molecule has 3 rings (SSSR count). The summed E-state index contributed by atoms with van der Waals surface area (Å²) in [4.78, 5) is 2.78. The molecule has 0 bridgehead atoms. The zero-order chi connectivity index (χ0) is 13.9. The standard InChI is InChI=1S/C17H25ClN2/c1-19-12-14-4-2-3-11-20(16-9-10-16)17(14)13-5-7-15(18)8-6-13/h5-8,14,16-17,19H,2-4,9-12H2,1H3. The summed E-state index contributed by atoms with van der Waals surface area (Å²) in [5.74, 6) is 0.712. The first kappa shape index (κ1) is 14.4. The van der Waals surface area contributed by atoms with Crippen molar-refractivity contribution in [3.05, 3.63) is 34.9 Å². The fourth-order valence-corrected chi connectivity index (χ4v) is 3.81. The zero-order valence-electron chi connectivity index (χ0n) is 12.3. The molecule has 2 fully saturated rings. The summed E-state index contributed by atoms with van der Waals surface area (Å²) in [5.41, 5.74) is 1.45. The highest BCUT2D eigenvalue weighted by Gasteiger charge is 2.38. The van der Waals surface area contributed by atoms with Gasteiger partial charge in [0.25, 0.3) is 0 Å². The predicted molar refractivity (Wildman–Crippen MR) is 85.2 cm³/mol. The Hall–Kier alpha value is -0.570. The van der Waals surface area contributed by atoms with Crippen LogP contribution in [0.15, 0.2) is 24.3 Å². The van der Waals surface area contributed by atoms with E-state index in [4.69, 9.17) is 11.6 Å². The van der Waals surface area contributed by atoms with Crippen molar-refractivity contribution in [2.24, 2.45) is 5.92 Å². The fraction of sp³-hybridized carbons (Fsp3) is 0.647. The Morgan fingerprint density at radius 3 is 2.55 bits per heavy atom. The third kappa shape index (κ3) is 3.19. The van der Waals surface area contributed by atoms with Gasteiger partial charge >= 0.3 is 0 Å². The quantitative estimate of drug-likeness (QED) is 0.906. The molecule has 1 heterocycles. The van der Waals surface area contributed by atoms with Gasteiger partial charge in [0.05, 0.1) is 0 Å². The van der Waals surface area contributed by atoms with Crippen molar-refractivity contribution in [2.75, 3.05) is 20.1 Å². The largest absolute Gasteiger partial charge is 0.319 e. The SMILES string of the molecule is CNCC1CCCCN(C2CC2)C1c1ccc(Cl)cc1. The zero-order valence-corrected chi connectivity index (χ0v) is 13.1. The lowest BCUT2D eigenvalue weighted by atomic mass is 9.89. The summed E-state index contributed by atoms with van der Waals surface area (Å²) in [6.07, 6.45) is 6.81. The number of rotatable bonds is 4. The van der Waals surface area contributed by atoms with Gasteiger partial charge < -0.3 is 5.32 Å². The molecule has 20 heavy (non-hydrogen) atoms. The summed E-state index contributed by atoms with van der Waals surface area (Å²) >= 11 is 6.07. The maximum Gasteiger partial charge on any atom is 0.0406 e. The van der Waals surface area contributed by atoms with E-state index in [1.807, 2.05) is 12.1 Å². The Morgan fingerprint density at radius 1 is 1.15 bits per heavy atom. The number of likely N-dealkylation sites (tertiary alicyclic amines) is 1. The molecule has 2 nitrogen and oxygen atoms in total. The Morgan fingerprint density at radius 2 is 1.90 bits per heavy atom. The molecule has 2 atom stereocenters. The van der Waals surface area contributed by atoms with Crippen molar-refractivity contribution < 1.29 is 0 Å². The van der Waals surface area contributed by atoms with Crippen molar-refractivity contribution in [3.8, 4) is 0 Å². The molecule has 1 aromatic carbocycles. The van der Waals surface area contributed by atoms with Gasteiger partial charge in [-0.15, -0.1) is 0 Å². The van der Waals surface area contributed by atoms with Crippen LogP contribution in [-0.4, -0.2) is 31.1 Å². The molecule has 0 amide bonds. The van der Waals surface area contributed by atoms with Crippen molar-refractivity contribution >= 4 is 11.6 Å². The highest BCUT2D eigenvalue weighted by molar-refractivity contribution is 6.30. The number of nitrogens with one attached hydrogen (secondary N) is 1. The third-order valence-electron chi connectivity index (χ3n) is 4.74. The van der Waals surface area contributed by atoms with Gasteiger partial charge in [0.15, 0.2) is 0 Å². The van der Waals surface area contributed by atoms with Gasteiger partial charge in [0.1, 0.15) is 0 Å². The van der Waals surface area contributed by atoms with E-state index < -0.39 is 0 Å². The second kappa shape index (κ2) is 6.46. The second-order valence-corrected chi connectivity index (χ2v) is 6.72. The smallest absolute Gasteiger partial charge is 0.0406 e. The number of halogens is 1. The van der Waals surface area contributed by atoms with Crippen LogP contribution in [0.4, 0.5) is 0 Å². The summed E-state index contributed by atoms with van der Waals surface area (Å²) < 4.78 is 0. The first-order chi connectivity index (χ1) is 9.79. The molecule has 0 radical (unpaired) electrons. The maximum atomic E-state index is 6.07. The topological polar surface area (TPSA) is 15.3 Å². The van der Waals surface area contributed by atoms with E-state index >= 15 is 0 Å². The summed E-state index contributed by atoms with van der Waals surface area (Å²) in [6.45, 7) is 2.37. The van der Waals surface area contributed by atoms with E-state index in [9.17, 15) is 0 Å². The molecule has 1 N–H and O–H groups in total. The molecule has 0 spiro atoms. The van der Waals surface area contributed by atoms with Gasteiger partial charge in [-0.2, -0.15) is 0 Å². The minimum atomic E-state index is 0.565. The molecular formula is C17H25ClN2. The molecule has 2 aliphatic rings. The van der Waals surface area contributed by atoms with E-state index in [2.05, 4.69) is 29.4 Å². The molecule has 1 saturated carbocycles. The number of hydrogen-bond acceptors (Lipinski definition) is 2. The summed E-state index contributed by atoms with van der Waals surface area (Å²) in [6, 6.07) is 9.95. The molecule has 0 aromatic heterocycles. The fourth-order valence-electron chi connectivity index (χ4n) is 3.68. The maximum absolute atomic E-state index is 6.07. The van der Waals surface area contributed by atoms with E-state index in [1.165, 1.54) is 44.2 Å². The van der Waals surface area contributed by atoms with Gasteiger partial charge in [-0.05, 0) is 69.4 Å². The van der Waals surface area contributed by atoms with Gasteiger partial charge in [-0.1, -0.05) is 30.2 Å². The van der Waals surface area contributed by atoms with Crippen molar-refractivity contribution in [1.29, 1.82) is 0 Å². The van der Waals surface area contributed by atoms with Crippen molar-refractivity contribution in [3.63, 3.8) is 0 Å². The van der Waals surface area contributed by atoms with Gasteiger partial charge in [-0.25, -0.2) is 0 Å². The highest BCUT2D eigenvalue weighted by atomic mass is 35.5. The molecule has 1 aliphatic heterocycles. The van der Waals surface area contributed by atoms with Crippen LogP contribution in [0.3, 0.4) is 0 Å². The minimum Gasteiger partial charge on any atom is -0.319 e. The van der Waals surface area contributed by atoms with Crippen LogP contribution in [0.2, 0.25) is 5.02 Å². The molecule has 1 saturated heterocycles. The van der Waals surface area contributed by atoms with Crippen LogP contribution in [0, 0.1) is 5.92 Å². The Labute approximate surface area is 127 Å². The highest BCUT2D eigenvalue weighted by Crippen LogP contribution is 2.41. The molecular weight excluding hydrogens is 268 g/mol. The second-order valence-electron chi connectivity index (χ2n) is 6.28. The molecule has 2 unspecified atom stereocenters. The van der Waals surface area contributed by atoms with Gasteiger partial charge in [-0.3, -0.25) is 4.90 Å². The minimum absolute atomic E-state index is 0.565. The van der Waals surface area contributed by atoms with E-state index in [0.29, 0.717) is 12.0 Å². The van der Waals surface area contributed by atoms with Crippen LogP contribution in [0.25, 0.3) is 0 Å². The molecule has 3 heteroatoms. The lowest BCUT2D eigenvalue weighted by Crippen LogP contribution is -2.37. The normalized spacial score (nSPS) is 28.3. The summed E-state index contributed by atoms with van der Waals surface area (Å²) in [7, 11) is 2.07. The predicted octanol–water partition coefficient (Wildman–Crippen LogP) is 3.87. The molecule has 110 valence electrons. The molecule has 1 aromatic rings. The Balaban J connectivity index is 1.90. The number of nitrogens with zero attached hydrogens (tertiary/aromatic N) is 1. The number of hydrogen-bond donors (Lipinski definition) is 1. The van der Waals surface area contributed by atoms with Crippen LogP contribution >= 0.6 is 11.6 Å². The first-order valence-corrected chi connectivity index (χ1v) is 8.33.